The Hall–Kier alpha value is -2.29. The molecule has 2 atom stereocenters. The van der Waals surface area contributed by atoms with E-state index in [1.54, 1.807) is 37.3 Å². The van der Waals surface area contributed by atoms with Gasteiger partial charge in [0.2, 0.25) is 21.8 Å². The first-order chi connectivity index (χ1) is 16.9. The fourth-order valence-electron chi connectivity index (χ4n) is 3.73. The molecule has 198 valence electrons. The Labute approximate surface area is 224 Å². The molecule has 0 unspecified atom stereocenters. The van der Waals surface area contributed by atoms with Gasteiger partial charge in [-0.2, -0.15) is 0 Å². The number of nitrogens with zero attached hydrogens (tertiary/aromatic N) is 2. The van der Waals surface area contributed by atoms with Gasteiger partial charge in [0.05, 0.1) is 11.9 Å². The molecule has 36 heavy (non-hydrogen) atoms. The maximum Gasteiger partial charge on any atom is 0.242 e. The molecule has 2 amide bonds. The van der Waals surface area contributed by atoms with Gasteiger partial charge >= 0.3 is 0 Å². The van der Waals surface area contributed by atoms with Crippen LogP contribution in [0.25, 0.3) is 0 Å². The van der Waals surface area contributed by atoms with Crippen LogP contribution < -0.4 is 9.62 Å². The molecule has 1 N–H and O–H groups in total. The van der Waals surface area contributed by atoms with Crippen LogP contribution in [-0.2, 0) is 26.2 Å². The number of rotatable bonds is 12. The van der Waals surface area contributed by atoms with E-state index in [1.165, 1.54) is 9.21 Å². The molecule has 10 heteroatoms. The van der Waals surface area contributed by atoms with Crippen LogP contribution in [0, 0.1) is 6.92 Å². The van der Waals surface area contributed by atoms with Crippen LogP contribution >= 0.6 is 23.2 Å². The maximum absolute atomic E-state index is 13.4. The number of nitrogens with one attached hydrogen (secondary N) is 1. The smallest absolute Gasteiger partial charge is 0.242 e. The molecule has 0 aliphatic carbocycles. The first-order valence-electron chi connectivity index (χ1n) is 11.9. The highest BCUT2D eigenvalue weighted by Crippen LogP contribution is 2.27. The van der Waals surface area contributed by atoms with E-state index in [0.717, 1.165) is 18.2 Å². The Bertz CT molecular complexity index is 1150. The zero-order chi connectivity index (χ0) is 27.0. The summed E-state index contributed by atoms with van der Waals surface area (Å²) in [6.45, 7) is 7.54. The minimum absolute atomic E-state index is 0.0426. The average Bonchev–Trinajstić information content (AvgIpc) is 2.81. The summed E-state index contributed by atoms with van der Waals surface area (Å²) < 4.78 is 26.3. The summed E-state index contributed by atoms with van der Waals surface area (Å²) in [6, 6.07) is 11.5. The van der Waals surface area contributed by atoms with Crippen molar-refractivity contribution in [2.45, 2.75) is 65.6 Å². The minimum Gasteiger partial charge on any atom is -0.352 e. The summed E-state index contributed by atoms with van der Waals surface area (Å²) in [4.78, 5) is 27.7. The number of carbonyl (C=O) groups excluding carboxylic acids is 2. The van der Waals surface area contributed by atoms with Crippen molar-refractivity contribution in [2.24, 2.45) is 0 Å². The second-order valence-electron chi connectivity index (χ2n) is 8.94. The topological polar surface area (TPSA) is 86.8 Å². The summed E-state index contributed by atoms with van der Waals surface area (Å²) in [5, 5.41) is 3.72. The summed E-state index contributed by atoms with van der Waals surface area (Å²) in [6.07, 6.45) is 2.21. The molecule has 2 aromatic rings. The molecule has 0 aliphatic heterocycles. The zero-order valence-corrected chi connectivity index (χ0v) is 23.8. The van der Waals surface area contributed by atoms with E-state index in [-0.39, 0.29) is 43.8 Å². The van der Waals surface area contributed by atoms with Gasteiger partial charge in [-0.3, -0.25) is 13.9 Å². The summed E-state index contributed by atoms with van der Waals surface area (Å²) in [7, 11) is -3.56. The van der Waals surface area contributed by atoms with Crippen molar-refractivity contribution < 1.29 is 18.0 Å². The van der Waals surface area contributed by atoms with Crippen molar-refractivity contribution in [3.8, 4) is 0 Å². The van der Waals surface area contributed by atoms with Crippen LogP contribution in [0.1, 0.15) is 51.2 Å². The Morgan fingerprint density at radius 2 is 1.64 bits per heavy atom. The third-order valence-electron chi connectivity index (χ3n) is 6.09. The summed E-state index contributed by atoms with van der Waals surface area (Å²) >= 11 is 12.7. The van der Waals surface area contributed by atoms with Gasteiger partial charge in [-0.05, 0) is 57.4 Å². The van der Waals surface area contributed by atoms with E-state index in [1.807, 2.05) is 32.9 Å². The second-order valence-corrected chi connectivity index (χ2v) is 11.7. The normalized spacial score (nSPS) is 13.1. The third kappa shape index (κ3) is 8.11. The van der Waals surface area contributed by atoms with Gasteiger partial charge in [-0.15, -0.1) is 0 Å². The monoisotopic (exact) mass is 555 g/mol. The first kappa shape index (κ1) is 29.9. The number of benzene rings is 2. The number of hydrogen-bond acceptors (Lipinski definition) is 4. The number of para-hydroxylation sites is 1. The second kappa shape index (κ2) is 13.3. The van der Waals surface area contributed by atoms with Crippen LogP contribution in [0.2, 0.25) is 10.0 Å². The first-order valence-corrected chi connectivity index (χ1v) is 14.5. The van der Waals surface area contributed by atoms with E-state index in [9.17, 15) is 18.0 Å². The predicted octanol–water partition coefficient (Wildman–Crippen LogP) is 5.18. The van der Waals surface area contributed by atoms with E-state index in [0.29, 0.717) is 21.3 Å². The minimum atomic E-state index is -3.56. The van der Waals surface area contributed by atoms with Crippen LogP contribution in [0.5, 0.6) is 0 Å². The molecule has 7 nitrogen and oxygen atoms in total. The van der Waals surface area contributed by atoms with Gasteiger partial charge in [0, 0.05) is 41.2 Å². The van der Waals surface area contributed by atoms with Crippen molar-refractivity contribution in [1.29, 1.82) is 0 Å². The lowest BCUT2D eigenvalue weighted by Crippen LogP contribution is -2.49. The molecule has 0 fully saturated rings. The van der Waals surface area contributed by atoms with Crippen molar-refractivity contribution in [1.82, 2.24) is 10.2 Å². The van der Waals surface area contributed by atoms with Crippen LogP contribution in [0.15, 0.2) is 42.5 Å². The molecule has 0 saturated carbocycles. The highest BCUT2D eigenvalue weighted by atomic mass is 35.5. The Kier molecular flexibility index (Phi) is 11.1. The van der Waals surface area contributed by atoms with Crippen molar-refractivity contribution in [3.63, 3.8) is 0 Å². The molecular weight excluding hydrogens is 521 g/mol. The molecule has 0 aromatic heterocycles. The van der Waals surface area contributed by atoms with Crippen molar-refractivity contribution in [2.75, 3.05) is 17.1 Å². The largest absolute Gasteiger partial charge is 0.352 e. The molecule has 2 aromatic carbocycles. The maximum atomic E-state index is 13.4. The quantitative estimate of drug-likeness (QED) is 0.391. The number of carbonyl (C=O) groups is 2. The lowest BCUT2D eigenvalue weighted by atomic mass is 10.1. The van der Waals surface area contributed by atoms with Gasteiger partial charge in [0.15, 0.2) is 0 Å². The van der Waals surface area contributed by atoms with E-state index < -0.39 is 16.1 Å². The van der Waals surface area contributed by atoms with Crippen LogP contribution in [0.3, 0.4) is 0 Å². The Balaban J connectivity index is 2.24. The van der Waals surface area contributed by atoms with Crippen molar-refractivity contribution >= 4 is 50.7 Å². The number of hydrogen-bond donors (Lipinski definition) is 1. The number of anilines is 1. The number of aryl methyl sites for hydroxylation is 1. The van der Waals surface area contributed by atoms with Gasteiger partial charge in [0.1, 0.15) is 6.04 Å². The Morgan fingerprint density at radius 1 is 1.03 bits per heavy atom. The molecule has 0 aliphatic rings. The molecule has 2 rings (SSSR count). The molecule has 0 spiro atoms. The number of sulfonamides is 1. The zero-order valence-electron chi connectivity index (χ0n) is 21.4. The van der Waals surface area contributed by atoms with Gasteiger partial charge < -0.3 is 10.2 Å². The highest BCUT2D eigenvalue weighted by Gasteiger charge is 2.28. The molecule has 0 radical (unpaired) electrons. The number of amides is 2. The lowest BCUT2D eigenvalue weighted by molar-refractivity contribution is -0.140. The fraction of sp³-hybridized carbons (Fsp3) is 0.462. The van der Waals surface area contributed by atoms with E-state index in [4.69, 9.17) is 23.2 Å². The Morgan fingerprint density at radius 3 is 2.19 bits per heavy atom. The predicted molar refractivity (Wildman–Crippen MR) is 147 cm³/mol. The van der Waals surface area contributed by atoms with Crippen LogP contribution in [-0.4, -0.2) is 50.0 Å². The van der Waals surface area contributed by atoms with Gasteiger partial charge in [-0.1, -0.05) is 54.4 Å². The van der Waals surface area contributed by atoms with Crippen LogP contribution in [0.4, 0.5) is 5.69 Å². The van der Waals surface area contributed by atoms with Gasteiger partial charge in [-0.25, -0.2) is 8.42 Å². The SMILES string of the molecule is CC[C@@H](C)NC(=O)[C@@H](C)N(Cc1c(Cl)cccc1Cl)C(=O)CCCN(c1ccccc1C)S(C)(=O)=O. The average molecular weight is 557 g/mol. The summed E-state index contributed by atoms with van der Waals surface area (Å²) in [5.41, 5.74) is 1.95. The molecular formula is C26H35Cl2N3O4S. The van der Waals surface area contributed by atoms with E-state index >= 15 is 0 Å². The summed E-state index contributed by atoms with van der Waals surface area (Å²) in [5.74, 6) is -0.574. The third-order valence-corrected chi connectivity index (χ3v) is 7.98. The molecule has 0 saturated heterocycles. The number of halogens is 2. The fourth-order valence-corrected chi connectivity index (χ4v) is 5.27. The van der Waals surface area contributed by atoms with Gasteiger partial charge in [0.25, 0.3) is 0 Å². The van der Waals surface area contributed by atoms with E-state index in [2.05, 4.69) is 5.32 Å². The molecule has 0 bridgehead atoms. The standard InChI is InChI=1S/C26H35Cl2N3O4S/c1-6-19(3)29-26(33)20(4)30(17-21-22(27)12-9-13-23(21)28)25(32)15-10-16-31(36(5,34)35)24-14-8-7-11-18(24)2/h7-9,11-14,19-20H,6,10,15-17H2,1-5H3,(H,29,33)/t19-,20-/m1/s1. The lowest BCUT2D eigenvalue weighted by Gasteiger charge is -2.31. The molecule has 0 heterocycles. The highest BCUT2D eigenvalue weighted by molar-refractivity contribution is 7.92. The van der Waals surface area contributed by atoms with Crippen molar-refractivity contribution in [3.05, 3.63) is 63.6 Å².